The van der Waals surface area contributed by atoms with Crippen LogP contribution in [0, 0.1) is 0 Å². The molecule has 2 fully saturated rings. The van der Waals surface area contributed by atoms with E-state index in [0.29, 0.717) is 57.2 Å². The number of carbonyl (C=O) groups is 3. The zero-order chi connectivity index (χ0) is 29.2. The molecule has 3 aliphatic rings. The molecule has 2 unspecified atom stereocenters. The van der Waals surface area contributed by atoms with Crippen LogP contribution in [-0.2, 0) is 17.8 Å². The zero-order valence-electron chi connectivity index (χ0n) is 24.2. The van der Waals surface area contributed by atoms with Gasteiger partial charge in [-0.2, -0.15) is 4.79 Å². The largest absolute Gasteiger partial charge is 0.515 e. The number of hydrogen-bond donors (Lipinski definition) is 3. The number of amides is 3. The average molecular weight is 564 g/mol. The highest BCUT2D eigenvalue weighted by Crippen LogP contribution is 2.45. The number of nitrogen functional groups attached to an aromatic ring is 1. The second-order valence-electron chi connectivity index (χ2n) is 12.1. The Bertz CT molecular complexity index is 1260. The van der Waals surface area contributed by atoms with E-state index in [4.69, 9.17) is 5.73 Å². The summed E-state index contributed by atoms with van der Waals surface area (Å²) in [4.78, 5) is 45.9. The molecule has 2 aromatic carbocycles. The first-order valence-electron chi connectivity index (χ1n) is 14.6. The van der Waals surface area contributed by atoms with Crippen molar-refractivity contribution in [2.75, 3.05) is 51.3 Å². The summed E-state index contributed by atoms with van der Waals surface area (Å²) in [7, 11) is 4.15. The highest BCUT2D eigenvalue weighted by Gasteiger charge is 2.63. The molecule has 220 valence electrons. The van der Waals surface area contributed by atoms with Gasteiger partial charge in [-0.3, -0.25) is 4.90 Å². The Labute approximate surface area is 242 Å². The number of nitrogens with zero attached hydrogens (tertiary/aromatic N) is 4. The first-order chi connectivity index (χ1) is 19.7. The van der Waals surface area contributed by atoms with Crippen molar-refractivity contribution in [1.29, 1.82) is 0 Å². The summed E-state index contributed by atoms with van der Waals surface area (Å²) >= 11 is 0. The molecule has 41 heavy (non-hydrogen) atoms. The number of benzene rings is 2. The maximum atomic E-state index is 13.6. The van der Waals surface area contributed by atoms with Crippen molar-refractivity contribution in [3.8, 4) is 0 Å². The fourth-order valence-electron chi connectivity index (χ4n) is 7.46. The van der Waals surface area contributed by atoms with Gasteiger partial charge in [0.25, 0.3) is 0 Å². The highest BCUT2D eigenvalue weighted by atomic mass is 16.4. The van der Waals surface area contributed by atoms with E-state index in [2.05, 4.69) is 29.2 Å². The van der Waals surface area contributed by atoms with Gasteiger partial charge in [0.15, 0.2) is 5.66 Å². The molecule has 5 rings (SSSR count). The normalized spacial score (nSPS) is 27.6. The van der Waals surface area contributed by atoms with Crippen LogP contribution in [0.15, 0.2) is 48.5 Å². The fraction of sp³-hybridized carbons (Fsp3) is 0.516. The maximum absolute atomic E-state index is 13.6. The molecule has 0 aromatic heterocycles. The molecular weight excluding hydrogens is 520 g/mol. The second kappa shape index (κ2) is 11.8. The monoisotopic (exact) mass is 563 g/mol. The summed E-state index contributed by atoms with van der Waals surface area (Å²) in [6.07, 6.45) is 3.45. The lowest BCUT2D eigenvalue weighted by Crippen LogP contribution is -2.78. The lowest BCUT2D eigenvalue weighted by atomic mass is 9.81. The van der Waals surface area contributed by atoms with Crippen LogP contribution in [0.3, 0.4) is 0 Å². The van der Waals surface area contributed by atoms with Crippen LogP contribution < -0.4 is 11.1 Å². The van der Waals surface area contributed by atoms with E-state index in [-0.39, 0.29) is 29.5 Å². The van der Waals surface area contributed by atoms with Crippen molar-refractivity contribution in [3.05, 3.63) is 59.7 Å². The lowest BCUT2D eigenvalue weighted by molar-refractivity contribution is -0.942. The van der Waals surface area contributed by atoms with Gasteiger partial charge in [0.1, 0.15) is 12.8 Å². The molecule has 0 bridgehead atoms. The number of hydrogen-bond acceptors (Lipinski definition) is 6. The SMILES string of the molecule is CN(C)C1CCN(C2(CC=O)CC(N3CCc4ccccc4NC3=O)CC[N@+]2(Cc2ccc(N)cc2)C(=O)O)CC1. The van der Waals surface area contributed by atoms with E-state index >= 15 is 0 Å². The van der Waals surface area contributed by atoms with Crippen molar-refractivity contribution in [1.82, 2.24) is 14.7 Å². The molecule has 3 atom stereocenters. The van der Waals surface area contributed by atoms with E-state index in [0.717, 1.165) is 35.9 Å². The fourth-order valence-corrected chi connectivity index (χ4v) is 7.46. The smallest absolute Gasteiger partial charge is 0.435 e. The Kier molecular flexibility index (Phi) is 8.35. The predicted octanol–water partition coefficient (Wildman–Crippen LogP) is 3.83. The Balaban J connectivity index is 1.54. The Morgan fingerprint density at radius 3 is 2.49 bits per heavy atom. The molecule has 10 nitrogen and oxygen atoms in total. The van der Waals surface area contributed by atoms with E-state index in [9.17, 15) is 19.5 Å². The molecule has 2 aromatic rings. The number of nitrogens with one attached hydrogen (secondary N) is 1. The van der Waals surface area contributed by atoms with Crippen LogP contribution in [0.1, 0.15) is 43.2 Å². The molecule has 0 spiro atoms. The number of rotatable bonds is 7. The third-order valence-electron chi connectivity index (χ3n) is 9.78. The van der Waals surface area contributed by atoms with Crippen LogP contribution in [0.5, 0.6) is 0 Å². The number of piperidine rings is 2. The molecule has 3 aliphatic heterocycles. The Hall–Kier alpha value is -3.47. The molecule has 3 heterocycles. The van der Waals surface area contributed by atoms with E-state index in [1.54, 1.807) is 12.1 Å². The summed E-state index contributed by atoms with van der Waals surface area (Å²) in [6, 6.07) is 15.2. The second-order valence-corrected chi connectivity index (χ2v) is 12.1. The number of anilines is 2. The third kappa shape index (κ3) is 5.43. The van der Waals surface area contributed by atoms with Gasteiger partial charge in [-0.05, 0) is 57.1 Å². The molecule has 4 N–H and O–H groups in total. The number of aldehydes is 1. The number of nitrogens with two attached hydrogens (primary N) is 1. The number of likely N-dealkylation sites (tertiary alicyclic amines) is 2. The summed E-state index contributed by atoms with van der Waals surface area (Å²) in [5.74, 6) is 0. The number of fused-ring (bicyclic) bond motifs is 1. The maximum Gasteiger partial charge on any atom is 0.515 e. The van der Waals surface area contributed by atoms with Gasteiger partial charge in [-0.1, -0.05) is 30.3 Å². The quantitative estimate of drug-likeness (QED) is 0.266. The van der Waals surface area contributed by atoms with Crippen molar-refractivity contribution < 1.29 is 24.0 Å². The van der Waals surface area contributed by atoms with Crippen molar-refractivity contribution >= 4 is 29.8 Å². The number of para-hydroxylation sites is 1. The summed E-state index contributed by atoms with van der Waals surface area (Å²) < 4.78 is -0.269. The number of carbonyl (C=O) groups excluding carboxylic acids is 2. The van der Waals surface area contributed by atoms with E-state index in [1.807, 2.05) is 41.3 Å². The van der Waals surface area contributed by atoms with Gasteiger partial charge in [0, 0.05) is 61.5 Å². The molecular formula is C31H43N6O4+. The van der Waals surface area contributed by atoms with Gasteiger partial charge in [-0.25, -0.2) is 9.28 Å². The van der Waals surface area contributed by atoms with Gasteiger partial charge in [-0.15, -0.1) is 0 Å². The molecule has 10 heteroatoms. The minimum atomic E-state index is -1.01. The molecule has 0 saturated carbocycles. The minimum Gasteiger partial charge on any atom is -0.435 e. The number of urea groups is 1. The van der Waals surface area contributed by atoms with Crippen LogP contribution in [-0.4, -0.2) is 101 Å². The first kappa shape index (κ1) is 29.0. The summed E-state index contributed by atoms with van der Waals surface area (Å²) in [6.45, 7) is 2.47. The summed E-state index contributed by atoms with van der Waals surface area (Å²) in [5.41, 5.74) is 8.32. The van der Waals surface area contributed by atoms with Gasteiger partial charge in [0.05, 0.1) is 13.0 Å². The van der Waals surface area contributed by atoms with Crippen LogP contribution in [0.2, 0.25) is 0 Å². The van der Waals surface area contributed by atoms with Crippen molar-refractivity contribution in [2.45, 2.75) is 62.8 Å². The van der Waals surface area contributed by atoms with E-state index < -0.39 is 11.8 Å². The molecule has 3 amide bonds. The van der Waals surface area contributed by atoms with Crippen molar-refractivity contribution in [3.63, 3.8) is 0 Å². The van der Waals surface area contributed by atoms with Crippen LogP contribution in [0.4, 0.5) is 21.0 Å². The Morgan fingerprint density at radius 2 is 1.83 bits per heavy atom. The highest BCUT2D eigenvalue weighted by molar-refractivity contribution is 5.91. The third-order valence-corrected chi connectivity index (χ3v) is 9.78. The standard InChI is InChI=1S/C31H42N6O4/c1-34(2)26-12-16-35(17-13-26)31(15-20-38)21-27(36-18-11-24-5-3-4-6-28(24)33-29(36)39)14-19-37(31,30(40)41)22-23-7-9-25(32)10-8-23/h3-10,20,26-27H,11-19,21-22,32H2,1-2H3,(H-,33,39,40,41)/p+1/t27?,31?,37-/m0/s1. The van der Waals surface area contributed by atoms with Crippen LogP contribution in [0.25, 0.3) is 0 Å². The minimum absolute atomic E-state index is 0.0765. The average Bonchev–Trinajstić information content (AvgIpc) is 3.13. The van der Waals surface area contributed by atoms with Gasteiger partial charge >= 0.3 is 12.1 Å². The van der Waals surface area contributed by atoms with Gasteiger partial charge in [0.2, 0.25) is 0 Å². The van der Waals surface area contributed by atoms with Gasteiger partial charge < -0.3 is 30.8 Å². The topological polar surface area (TPSA) is 119 Å². The van der Waals surface area contributed by atoms with E-state index in [1.165, 1.54) is 0 Å². The summed E-state index contributed by atoms with van der Waals surface area (Å²) in [5, 5.41) is 14.1. The first-order valence-corrected chi connectivity index (χ1v) is 14.6. The molecule has 0 aliphatic carbocycles. The molecule has 0 radical (unpaired) electrons. The van der Waals surface area contributed by atoms with Crippen molar-refractivity contribution in [2.24, 2.45) is 0 Å². The predicted molar refractivity (Wildman–Crippen MR) is 158 cm³/mol. The lowest BCUT2D eigenvalue weighted by Gasteiger charge is -2.59. The Morgan fingerprint density at radius 1 is 1.12 bits per heavy atom. The zero-order valence-corrected chi connectivity index (χ0v) is 24.2. The number of carboxylic acid groups (broad SMARTS) is 1. The van der Waals surface area contributed by atoms with Crippen LogP contribution >= 0.6 is 0 Å². The number of quaternary nitrogens is 1. The molecule has 2 saturated heterocycles.